The zero-order valence-corrected chi connectivity index (χ0v) is 14.5. The standard InChI is InChI=1S/C21H31NO/c1-2-3-6-13-20(18-22-16-9-5-10-17-22)21(23)15-14-19-11-7-4-8-12-19/h4,7-8,11-12,14-15,20H,2-3,5-6,9-10,13,16-18H2,1H3/b15-14+/t20-/m0/s1. The number of likely N-dealkylation sites (tertiary alicyclic amines) is 1. The highest BCUT2D eigenvalue weighted by Gasteiger charge is 2.20. The Morgan fingerprint density at radius 2 is 1.87 bits per heavy atom. The predicted molar refractivity (Wildman–Crippen MR) is 98.4 cm³/mol. The molecule has 0 radical (unpaired) electrons. The number of rotatable bonds is 9. The molecule has 1 aliphatic heterocycles. The first-order chi connectivity index (χ1) is 11.3. The van der Waals surface area contributed by atoms with Gasteiger partial charge >= 0.3 is 0 Å². The average molecular weight is 313 g/mol. The molecule has 1 fully saturated rings. The molecule has 0 amide bonds. The molecule has 0 aromatic heterocycles. The molecule has 2 rings (SSSR count). The van der Waals surface area contributed by atoms with E-state index in [9.17, 15) is 4.79 Å². The van der Waals surface area contributed by atoms with E-state index in [2.05, 4.69) is 11.8 Å². The van der Waals surface area contributed by atoms with Crippen LogP contribution in [0.2, 0.25) is 0 Å². The first-order valence-electron chi connectivity index (χ1n) is 9.29. The summed E-state index contributed by atoms with van der Waals surface area (Å²) in [7, 11) is 0. The molecular weight excluding hydrogens is 282 g/mol. The quantitative estimate of drug-likeness (QED) is 0.475. The van der Waals surface area contributed by atoms with Crippen LogP contribution in [0.15, 0.2) is 36.4 Å². The third-order valence-corrected chi connectivity index (χ3v) is 4.73. The van der Waals surface area contributed by atoms with Crippen LogP contribution in [0.5, 0.6) is 0 Å². The van der Waals surface area contributed by atoms with Crippen molar-refractivity contribution in [2.75, 3.05) is 19.6 Å². The van der Waals surface area contributed by atoms with Crippen LogP contribution in [-0.2, 0) is 4.79 Å². The van der Waals surface area contributed by atoms with Gasteiger partial charge in [0.15, 0.2) is 5.78 Å². The number of benzene rings is 1. The number of piperidine rings is 1. The Morgan fingerprint density at radius 1 is 1.13 bits per heavy atom. The number of hydrogen-bond donors (Lipinski definition) is 0. The van der Waals surface area contributed by atoms with Crippen LogP contribution in [0.3, 0.4) is 0 Å². The number of unbranched alkanes of at least 4 members (excludes halogenated alkanes) is 2. The molecule has 0 spiro atoms. The van der Waals surface area contributed by atoms with Gasteiger partial charge in [-0.2, -0.15) is 0 Å². The minimum Gasteiger partial charge on any atom is -0.303 e. The number of ketones is 1. The van der Waals surface area contributed by atoms with Gasteiger partial charge in [-0.1, -0.05) is 69.0 Å². The van der Waals surface area contributed by atoms with Crippen LogP contribution in [0.1, 0.15) is 57.4 Å². The smallest absolute Gasteiger partial charge is 0.160 e. The summed E-state index contributed by atoms with van der Waals surface area (Å²) in [6.45, 7) is 5.50. The first kappa shape index (κ1) is 17.9. The first-order valence-corrected chi connectivity index (χ1v) is 9.29. The molecule has 2 heteroatoms. The van der Waals surface area contributed by atoms with Gasteiger partial charge in [-0.25, -0.2) is 0 Å². The van der Waals surface area contributed by atoms with Crippen molar-refractivity contribution in [3.8, 4) is 0 Å². The Kier molecular flexibility index (Phi) is 8.10. The van der Waals surface area contributed by atoms with E-state index >= 15 is 0 Å². The van der Waals surface area contributed by atoms with Crippen molar-refractivity contribution in [3.05, 3.63) is 42.0 Å². The minimum absolute atomic E-state index is 0.166. The lowest BCUT2D eigenvalue weighted by molar-refractivity contribution is -0.119. The van der Waals surface area contributed by atoms with E-state index in [0.29, 0.717) is 5.78 Å². The Bertz CT molecular complexity index is 474. The van der Waals surface area contributed by atoms with Crippen molar-refractivity contribution in [2.24, 2.45) is 5.92 Å². The summed E-state index contributed by atoms with van der Waals surface area (Å²) in [5.41, 5.74) is 1.10. The van der Waals surface area contributed by atoms with E-state index < -0.39 is 0 Å². The Morgan fingerprint density at radius 3 is 2.57 bits per heavy atom. The van der Waals surface area contributed by atoms with E-state index in [1.165, 1.54) is 51.6 Å². The van der Waals surface area contributed by atoms with Crippen LogP contribution >= 0.6 is 0 Å². The number of nitrogens with zero attached hydrogens (tertiary/aromatic N) is 1. The molecular formula is C21H31NO. The normalized spacial score (nSPS) is 17.4. The molecule has 0 unspecified atom stereocenters. The largest absolute Gasteiger partial charge is 0.303 e. The van der Waals surface area contributed by atoms with Crippen molar-refractivity contribution in [2.45, 2.75) is 51.9 Å². The van der Waals surface area contributed by atoms with Crippen LogP contribution in [0.25, 0.3) is 6.08 Å². The third-order valence-electron chi connectivity index (χ3n) is 4.73. The molecule has 1 atom stereocenters. The predicted octanol–water partition coefficient (Wildman–Crippen LogP) is 4.95. The van der Waals surface area contributed by atoms with Crippen molar-refractivity contribution in [1.29, 1.82) is 0 Å². The van der Waals surface area contributed by atoms with Gasteiger partial charge in [0, 0.05) is 12.5 Å². The van der Waals surface area contributed by atoms with Crippen molar-refractivity contribution in [1.82, 2.24) is 4.90 Å². The lowest BCUT2D eigenvalue weighted by Crippen LogP contribution is -2.36. The molecule has 1 aromatic carbocycles. The lowest BCUT2D eigenvalue weighted by atomic mass is 9.94. The summed E-state index contributed by atoms with van der Waals surface area (Å²) in [5.74, 6) is 0.468. The van der Waals surface area contributed by atoms with Crippen LogP contribution in [0.4, 0.5) is 0 Å². The summed E-state index contributed by atoms with van der Waals surface area (Å²) in [6.07, 6.45) is 12.3. The Labute approximate surface area is 141 Å². The number of carbonyl (C=O) groups excluding carboxylic acids is 1. The summed E-state index contributed by atoms with van der Waals surface area (Å²) < 4.78 is 0. The molecule has 0 saturated carbocycles. The molecule has 1 saturated heterocycles. The van der Waals surface area contributed by atoms with Gasteiger partial charge < -0.3 is 4.90 Å². The monoisotopic (exact) mass is 313 g/mol. The highest BCUT2D eigenvalue weighted by atomic mass is 16.1. The third kappa shape index (κ3) is 6.70. The van der Waals surface area contributed by atoms with Gasteiger partial charge in [-0.05, 0) is 44.0 Å². The van der Waals surface area contributed by atoms with Crippen LogP contribution < -0.4 is 0 Å². The minimum atomic E-state index is 0.166. The summed E-state index contributed by atoms with van der Waals surface area (Å²) >= 11 is 0. The number of allylic oxidation sites excluding steroid dienone is 1. The molecule has 0 N–H and O–H groups in total. The van der Waals surface area contributed by atoms with E-state index in [-0.39, 0.29) is 5.92 Å². The summed E-state index contributed by atoms with van der Waals surface area (Å²) in [5, 5.41) is 0. The van der Waals surface area contributed by atoms with Gasteiger partial charge in [0.05, 0.1) is 0 Å². The molecule has 0 bridgehead atoms. The van der Waals surface area contributed by atoms with E-state index in [1.54, 1.807) is 6.08 Å². The van der Waals surface area contributed by atoms with Gasteiger partial charge in [0.25, 0.3) is 0 Å². The maximum Gasteiger partial charge on any atom is 0.160 e. The zero-order chi connectivity index (χ0) is 16.3. The fourth-order valence-electron chi connectivity index (χ4n) is 3.30. The second kappa shape index (κ2) is 10.4. The SMILES string of the molecule is CCCCC[C@@H](CN1CCCCC1)C(=O)/C=C/c1ccccc1. The van der Waals surface area contributed by atoms with Gasteiger partial charge in [-0.15, -0.1) is 0 Å². The molecule has 126 valence electrons. The van der Waals surface area contributed by atoms with Crippen molar-refractivity contribution >= 4 is 11.9 Å². The highest BCUT2D eigenvalue weighted by molar-refractivity contribution is 5.95. The fourth-order valence-corrected chi connectivity index (χ4v) is 3.30. The van der Waals surface area contributed by atoms with Crippen LogP contribution in [0, 0.1) is 5.92 Å². The maximum atomic E-state index is 12.7. The summed E-state index contributed by atoms with van der Waals surface area (Å²) in [4.78, 5) is 15.2. The van der Waals surface area contributed by atoms with Gasteiger partial charge in [0.1, 0.15) is 0 Å². The van der Waals surface area contributed by atoms with Gasteiger partial charge in [-0.3, -0.25) is 4.79 Å². The molecule has 1 heterocycles. The van der Waals surface area contributed by atoms with E-state index in [0.717, 1.165) is 18.5 Å². The topological polar surface area (TPSA) is 20.3 Å². The average Bonchev–Trinajstić information content (AvgIpc) is 2.61. The van der Waals surface area contributed by atoms with E-state index in [4.69, 9.17) is 0 Å². The Hall–Kier alpha value is -1.41. The molecule has 1 aromatic rings. The number of hydrogen-bond acceptors (Lipinski definition) is 2. The van der Waals surface area contributed by atoms with Crippen molar-refractivity contribution < 1.29 is 4.79 Å². The zero-order valence-electron chi connectivity index (χ0n) is 14.5. The van der Waals surface area contributed by atoms with E-state index in [1.807, 2.05) is 36.4 Å². The second-order valence-corrected chi connectivity index (χ2v) is 6.70. The lowest BCUT2D eigenvalue weighted by Gasteiger charge is -2.29. The number of carbonyl (C=O) groups is 1. The van der Waals surface area contributed by atoms with Gasteiger partial charge in [0.2, 0.25) is 0 Å². The molecule has 0 aliphatic carbocycles. The second-order valence-electron chi connectivity index (χ2n) is 6.70. The molecule has 23 heavy (non-hydrogen) atoms. The Balaban J connectivity index is 1.93. The summed E-state index contributed by atoms with van der Waals surface area (Å²) in [6, 6.07) is 10.1. The molecule has 2 nitrogen and oxygen atoms in total. The maximum absolute atomic E-state index is 12.7. The molecule has 1 aliphatic rings. The van der Waals surface area contributed by atoms with Crippen LogP contribution in [-0.4, -0.2) is 30.3 Å². The highest BCUT2D eigenvalue weighted by Crippen LogP contribution is 2.17. The fraction of sp³-hybridized carbons (Fsp3) is 0.571. The van der Waals surface area contributed by atoms with Crippen molar-refractivity contribution in [3.63, 3.8) is 0 Å².